The second-order valence-corrected chi connectivity index (χ2v) is 6.67. The Kier molecular flexibility index (Phi) is 4.07. The first-order chi connectivity index (χ1) is 8.48. The first kappa shape index (κ1) is 13.6. The molecule has 1 aliphatic carbocycles. The molecule has 2 rings (SSSR count). The number of carboxylic acid groups (broad SMARTS) is 1. The van der Waals surface area contributed by atoms with Crippen LogP contribution in [0.2, 0.25) is 0 Å². The Bertz CT molecular complexity index is 412. The highest BCUT2D eigenvalue weighted by Gasteiger charge is 2.27. The van der Waals surface area contributed by atoms with Crippen molar-refractivity contribution < 1.29 is 14.6 Å². The third-order valence-electron chi connectivity index (χ3n) is 3.70. The molecule has 1 heterocycles. The van der Waals surface area contributed by atoms with Crippen molar-refractivity contribution in [2.24, 2.45) is 5.41 Å². The van der Waals surface area contributed by atoms with Gasteiger partial charge in [0.05, 0.1) is 12.7 Å². The van der Waals surface area contributed by atoms with Crippen LogP contribution >= 0.6 is 11.3 Å². The van der Waals surface area contributed by atoms with E-state index in [0.29, 0.717) is 23.0 Å². The second kappa shape index (κ2) is 5.41. The predicted octanol–water partition coefficient (Wildman–Crippen LogP) is 3.93. The van der Waals surface area contributed by atoms with E-state index in [4.69, 9.17) is 9.84 Å². The Labute approximate surface area is 112 Å². The van der Waals surface area contributed by atoms with Crippen molar-refractivity contribution in [3.05, 3.63) is 21.9 Å². The van der Waals surface area contributed by atoms with E-state index in [0.717, 1.165) is 18.4 Å². The monoisotopic (exact) mass is 268 g/mol. The summed E-state index contributed by atoms with van der Waals surface area (Å²) in [5, 5.41) is 10.8. The van der Waals surface area contributed by atoms with Crippen LogP contribution in [0.25, 0.3) is 0 Å². The van der Waals surface area contributed by atoms with Crippen LogP contribution < -0.4 is 0 Å². The van der Waals surface area contributed by atoms with E-state index in [1.54, 1.807) is 0 Å². The summed E-state index contributed by atoms with van der Waals surface area (Å²) in [5.74, 6) is -0.853. The van der Waals surface area contributed by atoms with Crippen molar-refractivity contribution in [1.29, 1.82) is 0 Å². The summed E-state index contributed by atoms with van der Waals surface area (Å²) in [6, 6.07) is 1.85. The minimum Gasteiger partial charge on any atom is -0.477 e. The van der Waals surface area contributed by atoms with Crippen molar-refractivity contribution in [2.75, 3.05) is 0 Å². The first-order valence-electron chi connectivity index (χ1n) is 6.39. The lowest BCUT2D eigenvalue weighted by Gasteiger charge is -2.34. The van der Waals surface area contributed by atoms with Crippen LogP contribution in [0, 0.1) is 5.41 Å². The van der Waals surface area contributed by atoms with Gasteiger partial charge in [-0.1, -0.05) is 13.8 Å². The molecular weight excluding hydrogens is 248 g/mol. The fourth-order valence-electron chi connectivity index (χ4n) is 2.38. The Morgan fingerprint density at radius 3 is 2.78 bits per heavy atom. The van der Waals surface area contributed by atoms with Crippen LogP contribution in [0.3, 0.4) is 0 Å². The number of carboxylic acids is 1. The maximum atomic E-state index is 11.0. The molecule has 1 aliphatic rings. The van der Waals surface area contributed by atoms with Crippen LogP contribution in [0.1, 0.15) is 54.8 Å². The summed E-state index contributed by atoms with van der Waals surface area (Å²) in [7, 11) is 0. The van der Waals surface area contributed by atoms with Gasteiger partial charge in [-0.05, 0) is 42.5 Å². The van der Waals surface area contributed by atoms with Gasteiger partial charge in [-0.2, -0.15) is 0 Å². The van der Waals surface area contributed by atoms with E-state index in [2.05, 4.69) is 13.8 Å². The molecule has 1 N–H and O–H groups in total. The molecule has 0 bridgehead atoms. The third kappa shape index (κ3) is 3.33. The van der Waals surface area contributed by atoms with Gasteiger partial charge in [-0.15, -0.1) is 11.3 Å². The average molecular weight is 268 g/mol. The van der Waals surface area contributed by atoms with E-state index in [-0.39, 0.29) is 0 Å². The molecule has 0 amide bonds. The molecular formula is C14H20O3S. The van der Waals surface area contributed by atoms with Gasteiger partial charge in [-0.3, -0.25) is 0 Å². The van der Waals surface area contributed by atoms with Crippen LogP contribution in [-0.4, -0.2) is 17.2 Å². The molecule has 1 aromatic rings. The minimum atomic E-state index is -0.853. The molecule has 1 fully saturated rings. The van der Waals surface area contributed by atoms with Crippen LogP contribution in [0.5, 0.6) is 0 Å². The van der Waals surface area contributed by atoms with Gasteiger partial charge in [0.15, 0.2) is 0 Å². The maximum Gasteiger partial charge on any atom is 0.346 e. The number of thiophene rings is 1. The van der Waals surface area contributed by atoms with Crippen molar-refractivity contribution in [1.82, 2.24) is 0 Å². The number of ether oxygens (including phenoxy) is 1. The zero-order valence-corrected chi connectivity index (χ0v) is 11.8. The quantitative estimate of drug-likeness (QED) is 0.900. The molecule has 0 atom stereocenters. The molecule has 0 unspecified atom stereocenters. The third-order valence-corrected chi connectivity index (χ3v) is 4.65. The number of hydrogen-bond donors (Lipinski definition) is 1. The van der Waals surface area contributed by atoms with E-state index < -0.39 is 5.97 Å². The SMILES string of the molecule is CC1(C)CCC(OCc2ccsc2C(=O)O)CC1. The van der Waals surface area contributed by atoms with Crippen LogP contribution in [0.4, 0.5) is 0 Å². The Morgan fingerprint density at radius 2 is 2.17 bits per heavy atom. The average Bonchev–Trinajstić information content (AvgIpc) is 2.76. The van der Waals surface area contributed by atoms with Crippen LogP contribution in [-0.2, 0) is 11.3 Å². The Hall–Kier alpha value is -0.870. The van der Waals surface area contributed by atoms with E-state index in [1.807, 2.05) is 11.4 Å². The number of hydrogen-bond acceptors (Lipinski definition) is 3. The van der Waals surface area contributed by atoms with E-state index >= 15 is 0 Å². The second-order valence-electron chi connectivity index (χ2n) is 5.75. The minimum absolute atomic E-state index is 0.291. The molecule has 1 aromatic heterocycles. The fourth-order valence-corrected chi connectivity index (χ4v) is 3.13. The van der Waals surface area contributed by atoms with Gasteiger partial charge in [-0.25, -0.2) is 4.79 Å². The lowest BCUT2D eigenvalue weighted by atomic mass is 9.76. The largest absolute Gasteiger partial charge is 0.477 e. The number of carbonyl (C=O) groups is 1. The van der Waals surface area contributed by atoms with E-state index in [9.17, 15) is 4.79 Å². The maximum absolute atomic E-state index is 11.0. The topological polar surface area (TPSA) is 46.5 Å². The first-order valence-corrected chi connectivity index (χ1v) is 7.27. The highest BCUT2D eigenvalue weighted by molar-refractivity contribution is 7.12. The van der Waals surface area contributed by atoms with Crippen molar-refractivity contribution in [2.45, 2.75) is 52.2 Å². The van der Waals surface area contributed by atoms with Crippen molar-refractivity contribution in [3.63, 3.8) is 0 Å². The summed E-state index contributed by atoms with van der Waals surface area (Å²) >= 11 is 1.26. The molecule has 1 saturated carbocycles. The molecule has 0 radical (unpaired) electrons. The normalized spacial score (nSPS) is 19.9. The molecule has 0 spiro atoms. The van der Waals surface area contributed by atoms with Gasteiger partial charge < -0.3 is 9.84 Å². The standard InChI is InChI=1S/C14H20O3S/c1-14(2)6-3-11(4-7-14)17-9-10-5-8-18-12(10)13(15)16/h5,8,11H,3-4,6-7,9H2,1-2H3,(H,15,16). The molecule has 0 saturated heterocycles. The summed E-state index contributed by atoms with van der Waals surface area (Å²) in [4.78, 5) is 11.4. The van der Waals surface area contributed by atoms with Gasteiger partial charge >= 0.3 is 5.97 Å². The zero-order chi connectivity index (χ0) is 13.2. The van der Waals surface area contributed by atoms with Gasteiger partial charge in [0, 0.05) is 5.56 Å². The fraction of sp³-hybridized carbons (Fsp3) is 0.643. The van der Waals surface area contributed by atoms with E-state index in [1.165, 1.54) is 24.2 Å². The Morgan fingerprint density at radius 1 is 1.50 bits per heavy atom. The van der Waals surface area contributed by atoms with Gasteiger partial charge in [0.2, 0.25) is 0 Å². The van der Waals surface area contributed by atoms with Crippen LogP contribution in [0.15, 0.2) is 11.4 Å². The molecule has 0 aromatic carbocycles. The van der Waals surface area contributed by atoms with Crippen molar-refractivity contribution in [3.8, 4) is 0 Å². The highest BCUT2D eigenvalue weighted by Crippen LogP contribution is 2.36. The molecule has 100 valence electrons. The summed E-state index contributed by atoms with van der Waals surface area (Å²) < 4.78 is 5.85. The molecule has 4 heteroatoms. The van der Waals surface area contributed by atoms with Crippen molar-refractivity contribution >= 4 is 17.3 Å². The Balaban J connectivity index is 1.85. The molecule has 0 aliphatic heterocycles. The summed E-state index contributed by atoms with van der Waals surface area (Å²) in [5.41, 5.74) is 1.24. The lowest BCUT2D eigenvalue weighted by Crippen LogP contribution is -2.26. The summed E-state index contributed by atoms with van der Waals surface area (Å²) in [6.07, 6.45) is 4.83. The lowest BCUT2D eigenvalue weighted by molar-refractivity contribution is -0.00581. The molecule has 18 heavy (non-hydrogen) atoms. The number of rotatable bonds is 4. The number of aromatic carboxylic acids is 1. The highest BCUT2D eigenvalue weighted by atomic mass is 32.1. The smallest absolute Gasteiger partial charge is 0.346 e. The summed E-state index contributed by atoms with van der Waals surface area (Å²) in [6.45, 7) is 5.02. The van der Waals surface area contributed by atoms with Gasteiger partial charge in [0.1, 0.15) is 4.88 Å². The molecule has 3 nitrogen and oxygen atoms in total. The predicted molar refractivity (Wildman–Crippen MR) is 72.1 cm³/mol. The zero-order valence-electron chi connectivity index (χ0n) is 10.9. The van der Waals surface area contributed by atoms with Gasteiger partial charge in [0.25, 0.3) is 0 Å².